The van der Waals surface area contributed by atoms with Crippen LogP contribution in [0.1, 0.15) is 24.2 Å². The molecule has 1 N–H and O–H groups in total. The molecule has 21 heavy (non-hydrogen) atoms. The number of nitrogens with zero attached hydrogens (tertiary/aromatic N) is 1. The molecule has 0 fully saturated rings. The molecule has 0 heterocycles. The molecule has 0 unspecified atom stereocenters. The minimum Gasteiger partial charge on any atom is -0.478 e. The first-order valence-electron chi connectivity index (χ1n) is 6.40. The van der Waals surface area contributed by atoms with E-state index in [2.05, 4.69) is 0 Å². The Morgan fingerprint density at radius 2 is 1.81 bits per heavy atom. The van der Waals surface area contributed by atoms with Crippen LogP contribution >= 0.6 is 23.2 Å². The highest BCUT2D eigenvalue weighted by molar-refractivity contribution is 7.91. The molecule has 0 saturated heterocycles. The number of carboxylic acid groups (broad SMARTS) is 1. The van der Waals surface area contributed by atoms with Crippen LogP contribution < -0.4 is 0 Å². The minimum atomic E-state index is -3.71. The molecular formula is C13H17Cl2NO4S. The lowest BCUT2D eigenvalue weighted by Gasteiger charge is -2.18. The summed E-state index contributed by atoms with van der Waals surface area (Å²) in [5, 5.41) is 8.75. The van der Waals surface area contributed by atoms with Gasteiger partial charge in [-0.2, -0.15) is 0 Å². The molecule has 0 amide bonds. The van der Waals surface area contributed by atoms with Crippen molar-refractivity contribution in [3.05, 3.63) is 27.7 Å². The van der Waals surface area contributed by atoms with Gasteiger partial charge in [0.05, 0.1) is 21.2 Å². The summed E-state index contributed by atoms with van der Waals surface area (Å²) in [5.74, 6) is -1.46. The summed E-state index contributed by atoms with van der Waals surface area (Å²) in [4.78, 5) is 12.8. The van der Waals surface area contributed by atoms with E-state index < -0.39 is 15.8 Å². The largest absolute Gasteiger partial charge is 0.478 e. The lowest BCUT2D eigenvalue weighted by molar-refractivity contribution is 0.0697. The third-order valence-corrected chi connectivity index (χ3v) is 5.59. The van der Waals surface area contributed by atoms with Crippen LogP contribution in [0.15, 0.2) is 17.0 Å². The van der Waals surface area contributed by atoms with E-state index in [9.17, 15) is 13.2 Å². The van der Waals surface area contributed by atoms with Gasteiger partial charge < -0.3 is 10.0 Å². The number of sulfone groups is 1. The molecule has 0 saturated carbocycles. The molecule has 1 aromatic carbocycles. The van der Waals surface area contributed by atoms with E-state index in [0.29, 0.717) is 6.54 Å². The molecule has 5 nitrogen and oxygen atoms in total. The molecule has 8 heteroatoms. The fraction of sp³-hybridized carbons (Fsp3) is 0.462. The summed E-state index contributed by atoms with van der Waals surface area (Å²) in [7, 11) is -3.71. The number of aromatic carboxylic acids is 1. The van der Waals surface area contributed by atoms with Crippen LogP contribution in [0.4, 0.5) is 0 Å². The van der Waals surface area contributed by atoms with Crippen LogP contribution in [-0.4, -0.2) is 49.8 Å². The highest BCUT2D eigenvalue weighted by Crippen LogP contribution is 2.30. The molecule has 1 rings (SSSR count). The molecular weight excluding hydrogens is 337 g/mol. The Balaban J connectivity index is 3.17. The van der Waals surface area contributed by atoms with Crippen molar-refractivity contribution in [3.8, 4) is 0 Å². The van der Waals surface area contributed by atoms with Crippen LogP contribution in [0.3, 0.4) is 0 Å². The highest BCUT2D eigenvalue weighted by atomic mass is 35.5. The van der Waals surface area contributed by atoms with Crippen molar-refractivity contribution in [1.29, 1.82) is 0 Å². The van der Waals surface area contributed by atoms with Crippen molar-refractivity contribution in [2.45, 2.75) is 18.7 Å². The van der Waals surface area contributed by atoms with E-state index in [-0.39, 0.29) is 26.3 Å². The molecule has 1 aromatic rings. The summed E-state index contributed by atoms with van der Waals surface area (Å²) in [6, 6.07) is 2.32. The number of hydrogen-bond acceptors (Lipinski definition) is 4. The number of benzene rings is 1. The number of carbonyl (C=O) groups is 1. The van der Waals surface area contributed by atoms with Gasteiger partial charge in [-0.3, -0.25) is 0 Å². The van der Waals surface area contributed by atoms with Gasteiger partial charge in [-0.05, 0) is 25.2 Å². The molecule has 0 radical (unpaired) electrons. The minimum absolute atomic E-state index is 0.0261. The maximum Gasteiger partial charge on any atom is 0.337 e. The Hall–Kier alpha value is -0.820. The zero-order valence-corrected chi connectivity index (χ0v) is 14.1. The smallest absolute Gasteiger partial charge is 0.337 e. The second-order valence-electron chi connectivity index (χ2n) is 4.42. The second kappa shape index (κ2) is 7.45. The van der Waals surface area contributed by atoms with Gasteiger partial charge in [0.15, 0.2) is 9.84 Å². The van der Waals surface area contributed by atoms with Gasteiger partial charge in [0, 0.05) is 11.6 Å². The highest BCUT2D eigenvalue weighted by Gasteiger charge is 2.24. The first kappa shape index (κ1) is 18.2. The van der Waals surface area contributed by atoms with Crippen molar-refractivity contribution in [3.63, 3.8) is 0 Å². The van der Waals surface area contributed by atoms with Crippen molar-refractivity contribution >= 4 is 39.0 Å². The molecule has 0 bridgehead atoms. The van der Waals surface area contributed by atoms with Gasteiger partial charge >= 0.3 is 5.97 Å². The van der Waals surface area contributed by atoms with E-state index in [1.807, 2.05) is 18.7 Å². The van der Waals surface area contributed by atoms with Crippen molar-refractivity contribution < 1.29 is 18.3 Å². The Kier molecular flexibility index (Phi) is 6.46. The van der Waals surface area contributed by atoms with Crippen LogP contribution in [0.2, 0.25) is 10.0 Å². The topological polar surface area (TPSA) is 74.7 Å². The zero-order chi connectivity index (χ0) is 16.2. The molecule has 0 aliphatic carbocycles. The van der Waals surface area contributed by atoms with Gasteiger partial charge in [0.1, 0.15) is 0 Å². The molecule has 118 valence electrons. The number of halogens is 2. The maximum atomic E-state index is 12.4. The SMILES string of the molecule is CCN(CC)CCS(=O)(=O)c1cc(Cl)cc(C(=O)O)c1Cl. The predicted octanol–water partition coefficient (Wildman–Crippen LogP) is 2.81. The number of hydrogen-bond donors (Lipinski definition) is 1. The summed E-state index contributed by atoms with van der Waals surface area (Å²) in [5.41, 5.74) is -0.314. The van der Waals surface area contributed by atoms with Crippen LogP contribution in [0.25, 0.3) is 0 Å². The van der Waals surface area contributed by atoms with E-state index in [1.54, 1.807) is 0 Å². The zero-order valence-electron chi connectivity index (χ0n) is 11.8. The Bertz CT molecular complexity index is 627. The standard InChI is InChI=1S/C13H17Cl2NO4S/c1-3-16(4-2)5-6-21(19,20)11-8-9(14)7-10(12(11)15)13(17)18/h7-8H,3-6H2,1-2H3,(H,17,18). The second-order valence-corrected chi connectivity index (χ2v) is 7.31. The maximum absolute atomic E-state index is 12.4. The lowest BCUT2D eigenvalue weighted by atomic mass is 10.2. The Morgan fingerprint density at radius 1 is 1.24 bits per heavy atom. The van der Waals surface area contributed by atoms with Crippen molar-refractivity contribution in [1.82, 2.24) is 4.90 Å². The number of rotatable bonds is 7. The predicted molar refractivity (Wildman–Crippen MR) is 83.3 cm³/mol. The monoisotopic (exact) mass is 353 g/mol. The summed E-state index contributed by atoms with van der Waals surface area (Å²) < 4.78 is 24.7. The molecule has 0 spiro atoms. The normalized spacial score (nSPS) is 11.9. The van der Waals surface area contributed by atoms with E-state index >= 15 is 0 Å². The van der Waals surface area contributed by atoms with E-state index in [0.717, 1.165) is 19.2 Å². The fourth-order valence-corrected chi connectivity index (χ4v) is 4.08. The Morgan fingerprint density at radius 3 is 2.29 bits per heavy atom. The molecule has 0 aromatic heterocycles. The average molecular weight is 354 g/mol. The quantitative estimate of drug-likeness (QED) is 0.815. The van der Waals surface area contributed by atoms with Crippen LogP contribution in [-0.2, 0) is 9.84 Å². The van der Waals surface area contributed by atoms with E-state index in [4.69, 9.17) is 28.3 Å². The summed E-state index contributed by atoms with van der Waals surface area (Å²) in [6.07, 6.45) is 0. The van der Waals surface area contributed by atoms with Gasteiger partial charge in [-0.25, -0.2) is 13.2 Å². The van der Waals surface area contributed by atoms with E-state index in [1.165, 1.54) is 6.07 Å². The van der Waals surface area contributed by atoms with Gasteiger partial charge in [-0.1, -0.05) is 37.0 Å². The van der Waals surface area contributed by atoms with Crippen molar-refractivity contribution in [2.75, 3.05) is 25.4 Å². The summed E-state index contributed by atoms with van der Waals surface area (Å²) >= 11 is 11.7. The molecule has 0 aliphatic rings. The lowest BCUT2D eigenvalue weighted by Crippen LogP contribution is -2.29. The van der Waals surface area contributed by atoms with Gasteiger partial charge in [-0.15, -0.1) is 0 Å². The first-order chi connectivity index (χ1) is 9.72. The third kappa shape index (κ3) is 4.57. The van der Waals surface area contributed by atoms with Crippen molar-refractivity contribution in [2.24, 2.45) is 0 Å². The molecule has 0 atom stereocenters. The average Bonchev–Trinajstić information content (AvgIpc) is 2.41. The third-order valence-electron chi connectivity index (χ3n) is 3.14. The van der Waals surface area contributed by atoms with Crippen LogP contribution in [0, 0.1) is 0 Å². The van der Waals surface area contributed by atoms with Gasteiger partial charge in [0.2, 0.25) is 0 Å². The van der Waals surface area contributed by atoms with Crippen LogP contribution in [0.5, 0.6) is 0 Å². The Labute approximate surface area is 134 Å². The number of carboxylic acids is 1. The first-order valence-corrected chi connectivity index (χ1v) is 8.81. The summed E-state index contributed by atoms with van der Waals surface area (Å²) in [6.45, 7) is 5.68. The van der Waals surface area contributed by atoms with Gasteiger partial charge in [0.25, 0.3) is 0 Å². The molecule has 0 aliphatic heterocycles. The fourth-order valence-electron chi connectivity index (χ4n) is 1.85.